The Hall–Kier alpha value is -4.68. The number of carbonyl (C=O) groups is 2. The van der Waals surface area contributed by atoms with Gasteiger partial charge in [0.15, 0.2) is 11.5 Å². The molecule has 0 unspecified atom stereocenters. The minimum Gasteiger partial charge on any atom is -0.493 e. The zero-order valence-electron chi connectivity index (χ0n) is 26.3. The normalized spacial score (nSPS) is 12.0. The summed E-state index contributed by atoms with van der Waals surface area (Å²) in [5, 5.41) is 0.965. The molecule has 4 aromatic rings. The number of ether oxygens (including phenoxy) is 2. The molecular formula is C34H35F6N3O4. The molecule has 0 radical (unpaired) electrons. The molecule has 252 valence electrons. The minimum atomic E-state index is -5.13. The van der Waals surface area contributed by atoms with Crippen molar-refractivity contribution < 1.29 is 45.4 Å². The van der Waals surface area contributed by atoms with Gasteiger partial charge in [0.1, 0.15) is 6.54 Å². The van der Waals surface area contributed by atoms with Crippen molar-refractivity contribution in [3.05, 3.63) is 94.7 Å². The number of amides is 2. The smallest absolute Gasteiger partial charge is 0.416 e. The molecule has 1 N–H and O–H groups in total. The fraction of sp³-hybridized carbons (Fsp3) is 0.353. The summed E-state index contributed by atoms with van der Waals surface area (Å²) in [5.74, 6) is -1.02. The molecule has 0 aliphatic rings. The number of benzene rings is 3. The Morgan fingerprint density at radius 1 is 0.830 bits per heavy atom. The summed E-state index contributed by atoms with van der Waals surface area (Å²) in [6.07, 6.45) is -8.00. The highest BCUT2D eigenvalue weighted by Crippen LogP contribution is 2.37. The first-order valence-corrected chi connectivity index (χ1v) is 14.7. The van der Waals surface area contributed by atoms with Crippen molar-refractivity contribution in [1.29, 1.82) is 0 Å². The fourth-order valence-corrected chi connectivity index (χ4v) is 5.27. The van der Waals surface area contributed by atoms with Crippen molar-refractivity contribution >= 4 is 22.7 Å². The van der Waals surface area contributed by atoms with Gasteiger partial charge in [-0.15, -0.1) is 0 Å². The lowest BCUT2D eigenvalue weighted by atomic mass is 10.0. The van der Waals surface area contributed by atoms with Gasteiger partial charge < -0.3 is 24.3 Å². The van der Waals surface area contributed by atoms with Crippen LogP contribution in [0.5, 0.6) is 11.5 Å². The molecular weight excluding hydrogens is 628 g/mol. The lowest BCUT2D eigenvalue weighted by Crippen LogP contribution is -2.44. The van der Waals surface area contributed by atoms with Gasteiger partial charge in [0.05, 0.1) is 25.3 Å². The van der Waals surface area contributed by atoms with E-state index in [0.717, 1.165) is 21.4 Å². The second kappa shape index (κ2) is 14.4. The van der Waals surface area contributed by atoms with Crippen molar-refractivity contribution in [2.45, 2.75) is 39.2 Å². The molecule has 13 heteroatoms. The van der Waals surface area contributed by atoms with Crippen LogP contribution in [-0.2, 0) is 30.1 Å². The van der Waals surface area contributed by atoms with Crippen molar-refractivity contribution in [2.75, 3.05) is 33.9 Å². The summed E-state index contributed by atoms with van der Waals surface area (Å²) in [7, 11) is 2.95. The summed E-state index contributed by atoms with van der Waals surface area (Å²) >= 11 is 0. The first-order chi connectivity index (χ1) is 22.1. The standard InChI is InChI=1S/C34H35F6N3O4/c1-21(2)18-43(32(45)24-14-25(33(35,36)37)16-26(15-24)34(38,39)40)20-31(44)42(19-22-9-10-29(46-3)30(13-22)47-4)12-11-23-17-41-28-8-6-5-7-27(23)28/h5-10,13-17,21,41H,11-12,18-20H2,1-4H3. The molecule has 1 heterocycles. The van der Waals surface area contributed by atoms with Crippen molar-refractivity contribution in [3.63, 3.8) is 0 Å². The van der Waals surface area contributed by atoms with Gasteiger partial charge in [-0.3, -0.25) is 9.59 Å². The number of methoxy groups -OCH3 is 2. The molecule has 0 bridgehead atoms. The van der Waals surface area contributed by atoms with E-state index < -0.39 is 47.4 Å². The van der Waals surface area contributed by atoms with E-state index in [9.17, 15) is 35.9 Å². The van der Waals surface area contributed by atoms with Crippen LogP contribution in [0.1, 0.15) is 46.5 Å². The summed E-state index contributed by atoms with van der Waals surface area (Å²) in [5.41, 5.74) is -1.52. The zero-order chi connectivity index (χ0) is 34.5. The maximum Gasteiger partial charge on any atom is 0.416 e. The van der Waals surface area contributed by atoms with Gasteiger partial charge in [-0.05, 0) is 59.9 Å². The summed E-state index contributed by atoms with van der Waals surface area (Å²) in [4.78, 5) is 33.2. The lowest BCUT2D eigenvalue weighted by Gasteiger charge is -2.29. The predicted octanol–water partition coefficient (Wildman–Crippen LogP) is 7.59. The number of alkyl halides is 6. The maximum absolute atomic E-state index is 13.9. The molecule has 47 heavy (non-hydrogen) atoms. The largest absolute Gasteiger partial charge is 0.493 e. The molecule has 0 saturated heterocycles. The number of nitrogens with one attached hydrogen (secondary N) is 1. The molecule has 4 rings (SSSR count). The van der Waals surface area contributed by atoms with Crippen molar-refractivity contribution in [1.82, 2.24) is 14.8 Å². The van der Waals surface area contributed by atoms with E-state index in [0.29, 0.717) is 35.6 Å². The minimum absolute atomic E-state index is 0.0374. The average molecular weight is 664 g/mol. The van der Waals surface area contributed by atoms with Gasteiger partial charge in [0.2, 0.25) is 5.91 Å². The molecule has 0 spiro atoms. The number of H-pyrrole nitrogens is 1. The predicted molar refractivity (Wildman–Crippen MR) is 164 cm³/mol. The van der Waals surface area contributed by atoms with Crippen LogP contribution >= 0.6 is 0 Å². The lowest BCUT2D eigenvalue weighted by molar-refractivity contribution is -0.143. The van der Waals surface area contributed by atoms with E-state index >= 15 is 0 Å². The molecule has 2 amide bonds. The Morgan fingerprint density at radius 2 is 1.47 bits per heavy atom. The van der Waals surface area contributed by atoms with Crippen LogP contribution < -0.4 is 9.47 Å². The fourth-order valence-electron chi connectivity index (χ4n) is 5.27. The van der Waals surface area contributed by atoms with Gasteiger partial charge in [0.25, 0.3) is 5.91 Å². The van der Waals surface area contributed by atoms with Crippen LogP contribution in [-0.4, -0.2) is 60.5 Å². The molecule has 0 aliphatic carbocycles. The Morgan fingerprint density at radius 3 is 2.06 bits per heavy atom. The van der Waals surface area contributed by atoms with Crippen LogP contribution in [0, 0.1) is 5.92 Å². The van der Waals surface area contributed by atoms with Crippen LogP contribution in [0.15, 0.2) is 66.9 Å². The third-order valence-corrected chi connectivity index (χ3v) is 7.53. The topological polar surface area (TPSA) is 74.9 Å². The second-order valence-electron chi connectivity index (χ2n) is 11.5. The van der Waals surface area contributed by atoms with Crippen LogP contribution in [0.25, 0.3) is 10.9 Å². The number of nitrogens with zero attached hydrogens (tertiary/aromatic N) is 2. The number of aromatic nitrogens is 1. The van der Waals surface area contributed by atoms with Gasteiger partial charge in [-0.25, -0.2) is 0 Å². The highest BCUT2D eigenvalue weighted by molar-refractivity contribution is 5.97. The SMILES string of the molecule is COc1ccc(CN(CCc2c[nH]c3ccccc23)C(=O)CN(CC(C)C)C(=O)c2cc(C(F)(F)F)cc(C(F)(F)F)c2)cc1OC. The Kier molecular flexibility index (Phi) is 10.8. The molecule has 1 aromatic heterocycles. The van der Waals surface area contributed by atoms with E-state index in [1.54, 1.807) is 32.0 Å². The average Bonchev–Trinajstić information content (AvgIpc) is 3.43. The molecule has 7 nitrogen and oxygen atoms in total. The highest BCUT2D eigenvalue weighted by Gasteiger charge is 2.38. The third kappa shape index (κ3) is 8.78. The van der Waals surface area contributed by atoms with Crippen LogP contribution in [0.2, 0.25) is 0 Å². The van der Waals surface area contributed by atoms with E-state index in [-0.39, 0.29) is 31.6 Å². The Bertz CT molecular complexity index is 1680. The van der Waals surface area contributed by atoms with Gasteiger partial charge >= 0.3 is 12.4 Å². The van der Waals surface area contributed by atoms with Crippen molar-refractivity contribution in [3.8, 4) is 11.5 Å². The summed E-state index contributed by atoms with van der Waals surface area (Å²) < 4.78 is 92.1. The number of para-hydroxylation sites is 1. The zero-order valence-corrected chi connectivity index (χ0v) is 26.3. The van der Waals surface area contributed by atoms with Crippen LogP contribution in [0.3, 0.4) is 0 Å². The van der Waals surface area contributed by atoms with Gasteiger partial charge in [-0.2, -0.15) is 26.3 Å². The number of rotatable bonds is 12. The van der Waals surface area contributed by atoms with Crippen molar-refractivity contribution in [2.24, 2.45) is 5.92 Å². The molecule has 0 aliphatic heterocycles. The van der Waals surface area contributed by atoms with Gasteiger partial charge in [-0.1, -0.05) is 38.1 Å². The quantitative estimate of drug-likeness (QED) is 0.159. The monoisotopic (exact) mass is 663 g/mol. The Balaban J connectivity index is 1.67. The molecule has 0 atom stereocenters. The van der Waals surface area contributed by atoms with E-state index in [2.05, 4.69) is 4.98 Å². The number of halogens is 6. The summed E-state index contributed by atoms with van der Waals surface area (Å²) in [6.45, 7) is 3.05. The number of aromatic amines is 1. The Labute approximate surface area is 268 Å². The number of hydrogen-bond donors (Lipinski definition) is 1. The number of fused-ring (bicyclic) bond motifs is 1. The van der Waals surface area contributed by atoms with E-state index in [1.807, 2.05) is 30.5 Å². The number of hydrogen-bond acceptors (Lipinski definition) is 4. The molecule has 0 saturated carbocycles. The van der Waals surface area contributed by atoms with Crippen LogP contribution in [0.4, 0.5) is 26.3 Å². The number of carbonyl (C=O) groups excluding carboxylic acids is 2. The molecule has 0 fully saturated rings. The first kappa shape index (κ1) is 35.2. The molecule has 3 aromatic carbocycles. The first-order valence-electron chi connectivity index (χ1n) is 14.7. The van der Waals surface area contributed by atoms with Gasteiger partial charge in [0, 0.05) is 42.3 Å². The van der Waals surface area contributed by atoms with E-state index in [4.69, 9.17) is 9.47 Å². The summed E-state index contributed by atoms with van der Waals surface area (Å²) in [6, 6.07) is 13.5. The van der Waals surface area contributed by atoms with E-state index in [1.165, 1.54) is 19.1 Å². The highest BCUT2D eigenvalue weighted by atomic mass is 19.4. The third-order valence-electron chi connectivity index (χ3n) is 7.53. The maximum atomic E-state index is 13.9. The second-order valence-corrected chi connectivity index (χ2v) is 11.5.